The first kappa shape index (κ1) is 21.5. The summed E-state index contributed by atoms with van der Waals surface area (Å²) in [6.07, 6.45) is -4.19. The summed E-state index contributed by atoms with van der Waals surface area (Å²) in [5.41, 5.74) is 1.39. The molecule has 1 amide bonds. The number of piperazine rings is 1. The number of rotatable bonds is 5. The van der Waals surface area contributed by atoms with Gasteiger partial charge in [0, 0.05) is 43.2 Å². The van der Waals surface area contributed by atoms with Crippen LogP contribution in [-0.2, 0) is 23.9 Å². The van der Waals surface area contributed by atoms with E-state index in [2.05, 4.69) is 15.0 Å². The van der Waals surface area contributed by atoms with Gasteiger partial charge in [0.1, 0.15) is 5.01 Å². The third-order valence-corrected chi connectivity index (χ3v) is 6.06. The third kappa shape index (κ3) is 5.31. The number of hydrogen-bond donors (Lipinski definition) is 0. The summed E-state index contributed by atoms with van der Waals surface area (Å²) in [5, 5.41) is 6.27. The molecule has 0 spiro atoms. The summed E-state index contributed by atoms with van der Waals surface area (Å²) < 4.78 is 43.4. The molecule has 31 heavy (non-hydrogen) atoms. The average Bonchev–Trinajstić information content (AvgIpc) is 3.37. The quantitative estimate of drug-likeness (QED) is 0.588. The van der Waals surface area contributed by atoms with Crippen molar-refractivity contribution in [3.05, 3.63) is 58.4 Å². The van der Waals surface area contributed by atoms with E-state index < -0.39 is 11.7 Å². The fourth-order valence-electron chi connectivity index (χ4n) is 3.46. The molecule has 164 valence electrons. The number of amides is 1. The van der Waals surface area contributed by atoms with Crippen LogP contribution < -0.4 is 0 Å². The van der Waals surface area contributed by atoms with Crippen molar-refractivity contribution in [3.8, 4) is 10.6 Å². The predicted octanol–water partition coefficient (Wildman–Crippen LogP) is 4.01. The number of alkyl halides is 3. The van der Waals surface area contributed by atoms with Crippen molar-refractivity contribution in [1.29, 1.82) is 0 Å². The molecule has 1 saturated heterocycles. The van der Waals surface area contributed by atoms with Gasteiger partial charge in [0.25, 0.3) is 0 Å². The lowest BCUT2D eigenvalue weighted by Crippen LogP contribution is -2.48. The zero-order chi connectivity index (χ0) is 22.0. The number of benzene rings is 1. The molecule has 3 heterocycles. The SMILES string of the molecule is Cc1cc(CN2CCN(C(=O)Cc3csc(-c4ccc(C(F)(F)F)cc4)n3)CC2)on1. The average molecular weight is 450 g/mol. The number of aryl methyl sites for hydroxylation is 1. The van der Waals surface area contributed by atoms with E-state index in [1.54, 1.807) is 5.38 Å². The summed E-state index contributed by atoms with van der Waals surface area (Å²) in [4.78, 5) is 21.1. The van der Waals surface area contributed by atoms with Crippen LogP contribution in [-0.4, -0.2) is 52.0 Å². The molecule has 6 nitrogen and oxygen atoms in total. The molecule has 2 aromatic heterocycles. The molecule has 1 aliphatic rings. The Balaban J connectivity index is 1.30. The van der Waals surface area contributed by atoms with E-state index >= 15 is 0 Å². The Labute approximate surface area is 181 Å². The molecule has 0 bridgehead atoms. The van der Waals surface area contributed by atoms with Crippen LogP contribution in [0.4, 0.5) is 13.2 Å². The molecular weight excluding hydrogens is 429 g/mol. The molecule has 1 aliphatic heterocycles. The highest BCUT2D eigenvalue weighted by Gasteiger charge is 2.30. The van der Waals surface area contributed by atoms with E-state index in [9.17, 15) is 18.0 Å². The Morgan fingerprint density at radius 3 is 2.48 bits per heavy atom. The summed E-state index contributed by atoms with van der Waals surface area (Å²) >= 11 is 1.32. The van der Waals surface area contributed by atoms with Gasteiger partial charge in [-0.2, -0.15) is 13.2 Å². The standard InChI is InChI=1S/C21H21F3N4O2S/c1-14-10-18(30-26-14)12-27-6-8-28(9-7-27)19(29)11-17-13-31-20(25-17)15-2-4-16(5-3-15)21(22,23)24/h2-5,10,13H,6-9,11-12H2,1H3. The summed E-state index contributed by atoms with van der Waals surface area (Å²) in [7, 11) is 0. The van der Waals surface area contributed by atoms with Crippen LogP contribution in [0.3, 0.4) is 0 Å². The molecule has 0 N–H and O–H groups in total. The van der Waals surface area contributed by atoms with Crippen molar-refractivity contribution < 1.29 is 22.5 Å². The molecular formula is C21H21F3N4O2S. The maximum absolute atomic E-state index is 12.7. The third-order valence-electron chi connectivity index (χ3n) is 5.12. The van der Waals surface area contributed by atoms with Crippen LogP contribution in [0.15, 0.2) is 40.2 Å². The van der Waals surface area contributed by atoms with Crippen molar-refractivity contribution in [2.24, 2.45) is 0 Å². The van der Waals surface area contributed by atoms with E-state index in [-0.39, 0.29) is 12.3 Å². The second kappa shape index (κ2) is 8.80. The van der Waals surface area contributed by atoms with Crippen molar-refractivity contribution in [2.45, 2.75) is 26.1 Å². The minimum atomic E-state index is -4.36. The maximum atomic E-state index is 12.7. The predicted molar refractivity (Wildman–Crippen MR) is 109 cm³/mol. The Hall–Kier alpha value is -2.72. The van der Waals surface area contributed by atoms with Crippen molar-refractivity contribution >= 4 is 17.2 Å². The number of carbonyl (C=O) groups excluding carboxylic acids is 1. The van der Waals surface area contributed by atoms with Crippen LogP contribution in [0.25, 0.3) is 10.6 Å². The molecule has 1 aromatic carbocycles. The second-order valence-corrected chi connectivity index (χ2v) is 8.35. The van der Waals surface area contributed by atoms with Gasteiger partial charge < -0.3 is 9.42 Å². The van der Waals surface area contributed by atoms with E-state index in [0.29, 0.717) is 35.9 Å². The van der Waals surface area contributed by atoms with Gasteiger partial charge in [-0.25, -0.2) is 4.98 Å². The summed E-state index contributed by atoms with van der Waals surface area (Å²) in [6, 6.07) is 6.81. The molecule has 3 aromatic rings. The van der Waals surface area contributed by atoms with E-state index in [0.717, 1.165) is 36.7 Å². The molecule has 1 fully saturated rings. The molecule has 0 atom stereocenters. The number of thiazole rings is 1. The number of nitrogens with zero attached hydrogens (tertiary/aromatic N) is 4. The minimum Gasteiger partial charge on any atom is -0.360 e. The highest BCUT2D eigenvalue weighted by Crippen LogP contribution is 2.31. The molecule has 10 heteroatoms. The Bertz CT molecular complexity index is 1040. The van der Waals surface area contributed by atoms with Gasteiger partial charge >= 0.3 is 6.18 Å². The van der Waals surface area contributed by atoms with E-state index in [1.807, 2.05) is 17.9 Å². The first-order valence-corrected chi connectivity index (χ1v) is 10.7. The lowest BCUT2D eigenvalue weighted by molar-refractivity contribution is -0.137. The summed E-state index contributed by atoms with van der Waals surface area (Å²) in [6.45, 7) is 5.30. The van der Waals surface area contributed by atoms with Crippen LogP contribution in [0.1, 0.15) is 22.7 Å². The first-order valence-electron chi connectivity index (χ1n) is 9.82. The van der Waals surface area contributed by atoms with Gasteiger partial charge in [-0.15, -0.1) is 11.3 Å². The van der Waals surface area contributed by atoms with E-state index in [4.69, 9.17) is 4.52 Å². The molecule has 0 aliphatic carbocycles. The Kier molecular flexibility index (Phi) is 6.10. The van der Waals surface area contributed by atoms with Crippen LogP contribution in [0, 0.1) is 6.92 Å². The number of hydrogen-bond acceptors (Lipinski definition) is 6. The fraction of sp³-hybridized carbons (Fsp3) is 0.381. The van der Waals surface area contributed by atoms with Gasteiger partial charge in [-0.05, 0) is 19.1 Å². The van der Waals surface area contributed by atoms with Gasteiger partial charge in [0.15, 0.2) is 5.76 Å². The lowest BCUT2D eigenvalue weighted by atomic mass is 10.1. The van der Waals surface area contributed by atoms with Crippen LogP contribution in [0.2, 0.25) is 0 Å². The van der Waals surface area contributed by atoms with Crippen molar-refractivity contribution in [3.63, 3.8) is 0 Å². The number of halogens is 3. The second-order valence-electron chi connectivity index (χ2n) is 7.49. The Morgan fingerprint density at radius 1 is 1.16 bits per heavy atom. The topological polar surface area (TPSA) is 62.5 Å². The molecule has 0 saturated carbocycles. The zero-order valence-corrected chi connectivity index (χ0v) is 17.7. The zero-order valence-electron chi connectivity index (χ0n) is 16.9. The smallest absolute Gasteiger partial charge is 0.360 e. The molecule has 0 radical (unpaired) electrons. The highest BCUT2D eigenvalue weighted by atomic mass is 32.1. The van der Waals surface area contributed by atoms with Gasteiger partial charge in [0.2, 0.25) is 5.91 Å². The van der Waals surface area contributed by atoms with Crippen LogP contribution >= 0.6 is 11.3 Å². The highest BCUT2D eigenvalue weighted by molar-refractivity contribution is 7.13. The molecule has 0 unspecified atom stereocenters. The molecule has 4 rings (SSSR count). The monoisotopic (exact) mass is 450 g/mol. The van der Waals surface area contributed by atoms with E-state index in [1.165, 1.54) is 23.5 Å². The van der Waals surface area contributed by atoms with Crippen molar-refractivity contribution in [2.75, 3.05) is 26.2 Å². The first-order chi connectivity index (χ1) is 14.8. The fourth-order valence-corrected chi connectivity index (χ4v) is 4.28. The van der Waals surface area contributed by atoms with Gasteiger partial charge in [0.05, 0.1) is 29.9 Å². The van der Waals surface area contributed by atoms with Crippen molar-refractivity contribution in [1.82, 2.24) is 19.9 Å². The maximum Gasteiger partial charge on any atom is 0.416 e. The van der Waals surface area contributed by atoms with Gasteiger partial charge in [-0.3, -0.25) is 9.69 Å². The Morgan fingerprint density at radius 2 is 1.87 bits per heavy atom. The summed E-state index contributed by atoms with van der Waals surface area (Å²) in [5.74, 6) is 0.815. The minimum absolute atomic E-state index is 0.000529. The number of aromatic nitrogens is 2. The van der Waals surface area contributed by atoms with Crippen LogP contribution in [0.5, 0.6) is 0 Å². The number of carbonyl (C=O) groups is 1. The lowest BCUT2D eigenvalue weighted by Gasteiger charge is -2.34. The largest absolute Gasteiger partial charge is 0.416 e. The normalized spacial score (nSPS) is 15.4. The van der Waals surface area contributed by atoms with Gasteiger partial charge in [-0.1, -0.05) is 17.3 Å².